The average Bonchev–Trinajstić information content (AvgIpc) is 2.62. The Kier molecular flexibility index (Phi) is 3.32. The second-order valence-electron chi connectivity index (χ2n) is 4.09. The Balaban J connectivity index is 2.14. The first-order valence-corrected chi connectivity index (χ1v) is 5.56. The molecule has 0 amide bonds. The number of anilines is 2. The smallest absolute Gasteiger partial charge is 0.311 e. The van der Waals surface area contributed by atoms with Crippen molar-refractivity contribution in [3.63, 3.8) is 0 Å². The topological polar surface area (TPSA) is 75.4 Å². The molecule has 0 saturated heterocycles. The maximum Gasteiger partial charge on any atom is 0.311 e. The van der Waals surface area contributed by atoms with Gasteiger partial charge in [0.1, 0.15) is 12.2 Å². The first-order chi connectivity index (χ1) is 8.54. The molecule has 1 aromatic carbocycles. The van der Waals surface area contributed by atoms with E-state index in [2.05, 4.69) is 10.3 Å². The van der Waals surface area contributed by atoms with Crippen LogP contribution in [0.2, 0.25) is 0 Å². The Morgan fingerprint density at radius 1 is 1.33 bits per heavy atom. The summed E-state index contributed by atoms with van der Waals surface area (Å²) in [6, 6.07) is 8.07. The second kappa shape index (κ2) is 4.91. The predicted octanol–water partition coefficient (Wildman–Crippen LogP) is 2.66. The van der Waals surface area contributed by atoms with Crippen molar-refractivity contribution in [3.05, 3.63) is 41.3 Å². The summed E-state index contributed by atoms with van der Waals surface area (Å²) in [4.78, 5) is 14.8. The van der Waals surface area contributed by atoms with Crippen LogP contribution in [0.5, 0.6) is 0 Å². The lowest BCUT2D eigenvalue weighted by Gasteiger charge is -2.01. The molecule has 0 fully saturated rings. The van der Waals surface area contributed by atoms with E-state index in [-0.39, 0.29) is 6.42 Å². The van der Waals surface area contributed by atoms with Crippen molar-refractivity contribution in [3.8, 4) is 0 Å². The van der Waals surface area contributed by atoms with Crippen molar-refractivity contribution >= 4 is 17.7 Å². The van der Waals surface area contributed by atoms with Crippen molar-refractivity contribution in [2.24, 2.45) is 0 Å². The summed E-state index contributed by atoms with van der Waals surface area (Å²) in [5.41, 5.74) is 2.60. The van der Waals surface area contributed by atoms with E-state index in [9.17, 15) is 4.79 Å². The third-order valence-electron chi connectivity index (χ3n) is 2.51. The Hall–Kier alpha value is -2.30. The lowest BCUT2D eigenvalue weighted by molar-refractivity contribution is -0.136. The van der Waals surface area contributed by atoms with E-state index in [1.165, 1.54) is 0 Å². The van der Waals surface area contributed by atoms with Gasteiger partial charge < -0.3 is 14.8 Å². The molecule has 18 heavy (non-hydrogen) atoms. The molecule has 0 aliphatic rings. The Bertz CT molecular complexity index is 558. The molecule has 2 rings (SSSR count). The van der Waals surface area contributed by atoms with Gasteiger partial charge in [-0.25, -0.2) is 0 Å². The zero-order chi connectivity index (χ0) is 13.1. The standard InChI is InChI=1S/C13H14N2O3/c1-8-3-5-10(6-4-8)15-13-14-9(2)11(18-13)7-12(16)17/h3-6H,7H2,1-2H3,(H,14,15)(H,16,17). The predicted molar refractivity (Wildman–Crippen MR) is 67.0 cm³/mol. The number of nitrogens with one attached hydrogen (secondary N) is 1. The number of carbonyl (C=O) groups is 1. The second-order valence-corrected chi connectivity index (χ2v) is 4.09. The summed E-state index contributed by atoms with van der Waals surface area (Å²) in [7, 11) is 0. The van der Waals surface area contributed by atoms with Crippen LogP contribution in [0.25, 0.3) is 0 Å². The fourth-order valence-electron chi connectivity index (χ4n) is 1.54. The number of aryl methyl sites for hydroxylation is 2. The van der Waals surface area contributed by atoms with E-state index in [1.807, 2.05) is 31.2 Å². The minimum Gasteiger partial charge on any atom is -0.481 e. The molecule has 0 radical (unpaired) electrons. The van der Waals surface area contributed by atoms with Crippen LogP contribution in [-0.4, -0.2) is 16.1 Å². The summed E-state index contributed by atoms with van der Waals surface area (Å²) in [6.07, 6.45) is -0.158. The summed E-state index contributed by atoms with van der Waals surface area (Å²) < 4.78 is 5.36. The highest BCUT2D eigenvalue weighted by Gasteiger charge is 2.12. The van der Waals surface area contributed by atoms with E-state index < -0.39 is 5.97 Å². The fraction of sp³-hybridized carbons (Fsp3) is 0.231. The monoisotopic (exact) mass is 246 g/mol. The number of benzene rings is 1. The summed E-state index contributed by atoms with van der Waals surface area (Å²) in [6.45, 7) is 3.73. The molecule has 5 nitrogen and oxygen atoms in total. The van der Waals surface area contributed by atoms with Crippen molar-refractivity contribution in [1.29, 1.82) is 0 Å². The molecule has 0 aliphatic heterocycles. The van der Waals surface area contributed by atoms with Gasteiger partial charge in [-0.05, 0) is 26.0 Å². The molecule has 0 atom stereocenters. The molecule has 0 saturated carbocycles. The fourth-order valence-corrected chi connectivity index (χ4v) is 1.54. The Morgan fingerprint density at radius 2 is 2.00 bits per heavy atom. The highest BCUT2D eigenvalue weighted by molar-refractivity contribution is 5.69. The third kappa shape index (κ3) is 2.88. The van der Waals surface area contributed by atoms with Gasteiger partial charge in [-0.1, -0.05) is 17.7 Å². The van der Waals surface area contributed by atoms with Crippen LogP contribution in [0, 0.1) is 13.8 Å². The lowest BCUT2D eigenvalue weighted by atomic mass is 10.2. The van der Waals surface area contributed by atoms with Gasteiger partial charge >= 0.3 is 5.97 Å². The maximum absolute atomic E-state index is 10.6. The van der Waals surface area contributed by atoms with E-state index in [0.29, 0.717) is 17.5 Å². The van der Waals surface area contributed by atoms with Gasteiger partial charge in [0.25, 0.3) is 6.01 Å². The zero-order valence-corrected chi connectivity index (χ0v) is 10.2. The first-order valence-electron chi connectivity index (χ1n) is 5.56. The van der Waals surface area contributed by atoms with Crippen LogP contribution >= 0.6 is 0 Å². The van der Waals surface area contributed by atoms with Crippen LogP contribution in [0.1, 0.15) is 17.0 Å². The third-order valence-corrected chi connectivity index (χ3v) is 2.51. The number of carboxylic acids is 1. The number of carboxylic acid groups (broad SMARTS) is 1. The number of rotatable bonds is 4. The minimum atomic E-state index is -0.934. The van der Waals surface area contributed by atoms with Crippen molar-refractivity contribution < 1.29 is 14.3 Å². The zero-order valence-electron chi connectivity index (χ0n) is 10.2. The van der Waals surface area contributed by atoms with Crippen molar-refractivity contribution in [2.45, 2.75) is 20.3 Å². The van der Waals surface area contributed by atoms with Gasteiger partial charge in [-0.2, -0.15) is 4.98 Å². The average molecular weight is 246 g/mol. The van der Waals surface area contributed by atoms with Crippen LogP contribution in [-0.2, 0) is 11.2 Å². The van der Waals surface area contributed by atoms with E-state index >= 15 is 0 Å². The van der Waals surface area contributed by atoms with Gasteiger partial charge in [-0.15, -0.1) is 0 Å². The maximum atomic E-state index is 10.6. The molecular formula is C13H14N2O3. The summed E-state index contributed by atoms with van der Waals surface area (Å²) in [5, 5.41) is 11.7. The largest absolute Gasteiger partial charge is 0.481 e. The molecule has 0 spiro atoms. The number of hydrogen-bond donors (Lipinski definition) is 2. The molecular weight excluding hydrogens is 232 g/mol. The Labute approximate surface area is 104 Å². The molecule has 0 bridgehead atoms. The molecule has 2 N–H and O–H groups in total. The highest BCUT2D eigenvalue weighted by Crippen LogP contribution is 2.20. The van der Waals surface area contributed by atoms with Gasteiger partial charge in [-0.3, -0.25) is 4.79 Å². The molecule has 5 heteroatoms. The number of hydrogen-bond acceptors (Lipinski definition) is 4. The lowest BCUT2D eigenvalue weighted by Crippen LogP contribution is -1.99. The van der Waals surface area contributed by atoms with E-state index in [0.717, 1.165) is 11.3 Å². The molecule has 94 valence electrons. The van der Waals surface area contributed by atoms with Crippen molar-refractivity contribution in [2.75, 3.05) is 5.32 Å². The van der Waals surface area contributed by atoms with Crippen LogP contribution in [0.3, 0.4) is 0 Å². The van der Waals surface area contributed by atoms with Crippen LogP contribution in [0.15, 0.2) is 28.7 Å². The van der Waals surface area contributed by atoms with Crippen LogP contribution < -0.4 is 5.32 Å². The number of nitrogens with zero attached hydrogens (tertiary/aromatic N) is 1. The van der Waals surface area contributed by atoms with E-state index in [4.69, 9.17) is 9.52 Å². The van der Waals surface area contributed by atoms with Gasteiger partial charge in [0.05, 0.1) is 5.69 Å². The van der Waals surface area contributed by atoms with Gasteiger partial charge in [0.2, 0.25) is 0 Å². The Morgan fingerprint density at radius 3 is 2.61 bits per heavy atom. The number of aromatic nitrogens is 1. The van der Waals surface area contributed by atoms with Gasteiger partial charge in [0, 0.05) is 5.69 Å². The summed E-state index contributed by atoms with van der Waals surface area (Å²) >= 11 is 0. The SMILES string of the molecule is Cc1ccc(Nc2nc(C)c(CC(=O)O)o2)cc1. The normalized spacial score (nSPS) is 10.3. The minimum absolute atomic E-state index is 0.158. The van der Waals surface area contributed by atoms with E-state index in [1.54, 1.807) is 6.92 Å². The number of aliphatic carboxylic acids is 1. The first kappa shape index (κ1) is 12.2. The number of oxazole rings is 1. The molecule has 2 aromatic rings. The molecule has 0 aliphatic carbocycles. The quantitative estimate of drug-likeness (QED) is 0.867. The van der Waals surface area contributed by atoms with Gasteiger partial charge in [0.15, 0.2) is 0 Å². The highest BCUT2D eigenvalue weighted by atomic mass is 16.4. The molecule has 1 heterocycles. The molecule has 0 unspecified atom stereocenters. The molecule has 1 aromatic heterocycles. The van der Waals surface area contributed by atoms with Crippen molar-refractivity contribution in [1.82, 2.24) is 4.98 Å². The summed E-state index contributed by atoms with van der Waals surface area (Å²) in [5.74, 6) is -0.562. The van der Waals surface area contributed by atoms with Crippen LogP contribution in [0.4, 0.5) is 11.7 Å².